The number of aryl methyl sites for hydroxylation is 1. The molecule has 0 spiro atoms. The molecule has 3 atom stereocenters. The molecule has 3 N–H and O–H groups in total. The van der Waals surface area contributed by atoms with Gasteiger partial charge in [-0.2, -0.15) is 4.98 Å². The van der Waals surface area contributed by atoms with Gasteiger partial charge in [-0.15, -0.1) is 11.8 Å². The summed E-state index contributed by atoms with van der Waals surface area (Å²) in [6.45, 7) is 3.66. The summed E-state index contributed by atoms with van der Waals surface area (Å²) >= 11 is 1.59. The Morgan fingerprint density at radius 2 is 2.11 bits per heavy atom. The Balaban J connectivity index is 1.51. The maximum atomic E-state index is 12.8. The second-order valence-electron chi connectivity index (χ2n) is 6.56. The molecule has 0 radical (unpaired) electrons. The fraction of sp³-hybridized carbons (Fsp3) is 0.333. The Labute approximate surface area is 160 Å². The first-order valence-corrected chi connectivity index (χ1v) is 9.58. The van der Waals surface area contributed by atoms with Gasteiger partial charge in [-0.25, -0.2) is 0 Å². The van der Waals surface area contributed by atoms with Crippen LogP contribution in [0.15, 0.2) is 40.4 Å². The number of benzene rings is 1. The van der Waals surface area contributed by atoms with Crippen molar-refractivity contribution >= 4 is 29.3 Å². The molecule has 4 rings (SSSR count). The summed E-state index contributed by atoms with van der Waals surface area (Å²) in [4.78, 5) is 31.1. The second kappa shape index (κ2) is 6.82. The van der Waals surface area contributed by atoms with Crippen LogP contribution in [0.4, 0.5) is 0 Å². The van der Waals surface area contributed by atoms with Crippen LogP contribution in [0, 0.1) is 6.92 Å². The molecule has 2 aromatic rings. The van der Waals surface area contributed by atoms with E-state index in [4.69, 9.17) is 10.3 Å². The molecule has 0 bridgehead atoms. The number of carbonyl (C=O) groups is 2. The first-order valence-electron chi connectivity index (χ1n) is 8.53. The Bertz CT molecular complexity index is 926. The Morgan fingerprint density at radius 3 is 2.78 bits per heavy atom. The minimum atomic E-state index is -0.822. The Morgan fingerprint density at radius 1 is 1.37 bits per heavy atom. The van der Waals surface area contributed by atoms with Crippen molar-refractivity contribution in [3.63, 3.8) is 0 Å². The number of carbonyl (C=O) groups excluding carboxylic acids is 2. The maximum Gasteiger partial charge on any atom is 0.274 e. The molecule has 140 valence electrons. The number of aromatic nitrogens is 2. The molecular formula is C18H19N5O3S. The molecule has 0 saturated carbocycles. The summed E-state index contributed by atoms with van der Waals surface area (Å²) < 4.78 is 5.26. The molecule has 27 heavy (non-hydrogen) atoms. The highest BCUT2D eigenvalue weighted by Gasteiger charge is 2.53. The zero-order valence-corrected chi connectivity index (χ0v) is 15.7. The number of fused-ring (bicyclic) bond motifs is 1. The lowest BCUT2D eigenvalue weighted by Crippen LogP contribution is -2.70. The topological polar surface area (TPSA) is 114 Å². The van der Waals surface area contributed by atoms with E-state index in [1.807, 2.05) is 25.1 Å². The fourth-order valence-corrected chi connectivity index (χ4v) is 4.52. The molecule has 0 aliphatic carbocycles. The number of hydrogen-bond donors (Lipinski definition) is 2. The van der Waals surface area contributed by atoms with Crippen LogP contribution < -0.4 is 11.1 Å². The fourth-order valence-electron chi connectivity index (χ4n) is 3.22. The average Bonchev–Trinajstić information content (AvgIpc) is 3.11. The highest BCUT2D eigenvalue weighted by Crippen LogP contribution is 2.43. The van der Waals surface area contributed by atoms with E-state index in [1.165, 1.54) is 0 Å². The second-order valence-corrected chi connectivity index (χ2v) is 7.67. The highest BCUT2D eigenvalue weighted by atomic mass is 32.2. The van der Waals surface area contributed by atoms with Gasteiger partial charge in [0.05, 0.1) is 0 Å². The summed E-state index contributed by atoms with van der Waals surface area (Å²) in [5, 5.41) is 6.39. The average molecular weight is 385 g/mol. The molecule has 1 aromatic heterocycles. The van der Waals surface area contributed by atoms with Gasteiger partial charge in [0.25, 0.3) is 11.8 Å². The number of amides is 2. The maximum absolute atomic E-state index is 12.8. The number of thioether (sulfide) groups is 1. The van der Waals surface area contributed by atoms with E-state index in [-0.39, 0.29) is 17.2 Å². The van der Waals surface area contributed by atoms with Crippen molar-refractivity contribution in [3.8, 4) is 0 Å². The molecule has 1 aromatic carbocycles. The smallest absolute Gasteiger partial charge is 0.274 e. The molecule has 2 aliphatic rings. The third-order valence-corrected chi connectivity index (χ3v) is 6.05. The van der Waals surface area contributed by atoms with Crippen LogP contribution in [0.3, 0.4) is 0 Å². The van der Waals surface area contributed by atoms with Crippen molar-refractivity contribution < 1.29 is 14.1 Å². The largest absolute Gasteiger partial charge is 0.340 e. The number of hydrogen-bond acceptors (Lipinski definition) is 7. The first kappa shape index (κ1) is 17.7. The van der Waals surface area contributed by atoms with Crippen LogP contribution in [-0.2, 0) is 9.59 Å². The van der Waals surface area contributed by atoms with Crippen LogP contribution >= 0.6 is 11.8 Å². The third-order valence-electron chi connectivity index (χ3n) is 4.63. The van der Waals surface area contributed by atoms with Crippen LogP contribution in [0.25, 0.3) is 5.70 Å². The SMILES string of the molecule is CC1=C(c2nc(C)no2)N2C(=O)[C@@H](NC(=O)[C@H](N)c3ccccc3)[C@H]2SC1. The van der Waals surface area contributed by atoms with Crippen molar-refractivity contribution in [3.05, 3.63) is 53.2 Å². The molecule has 9 heteroatoms. The van der Waals surface area contributed by atoms with Gasteiger partial charge in [0.1, 0.15) is 23.2 Å². The molecule has 0 unspecified atom stereocenters. The standard InChI is InChI=1S/C18H19N5O3S/c1-9-8-27-18-13(21-15(24)12(19)11-6-4-3-5-7-11)17(25)23(18)14(9)16-20-10(2)22-26-16/h3-7,12-13,18H,8,19H2,1-2H3,(H,21,24)/t12-,13-,18-/m1/s1. The van der Waals surface area contributed by atoms with Gasteiger partial charge < -0.3 is 15.6 Å². The number of nitrogens with one attached hydrogen (secondary N) is 1. The van der Waals surface area contributed by atoms with Gasteiger partial charge in [0.15, 0.2) is 5.82 Å². The lowest BCUT2D eigenvalue weighted by Gasteiger charge is -2.49. The summed E-state index contributed by atoms with van der Waals surface area (Å²) in [6, 6.07) is 7.63. The molecular weight excluding hydrogens is 366 g/mol. The highest BCUT2D eigenvalue weighted by molar-refractivity contribution is 8.00. The van der Waals surface area contributed by atoms with Gasteiger partial charge in [-0.1, -0.05) is 35.5 Å². The normalized spacial score (nSPS) is 22.9. The summed E-state index contributed by atoms with van der Waals surface area (Å²) in [5.74, 6) is 0.968. The molecule has 1 fully saturated rings. The number of rotatable bonds is 4. The van der Waals surface area contributed by atoms with Crippen LogP contribution in [0.1, 0.15) is 30.2 Å². The van der Waals surface area contributed by atoms with E-state index in [9.17, 15) is 9.59 Å². The van der Waals surface area contributed by atoms with E-state index in [1.54, 1.807) is 35.7 Å². The monoisotopic (exact) mass is 385 g/mol. The predicted molar refractivity (Wildman–Crippen MR) is 100 cm³/mol. The zero-order valence-electron chi connectivity index (χ0n) is 14.9. The molecule has 2 aliphatic heterocycles. The van der Waals surface area contributed by atoms with Crippen molar-refractivity contribution in [2.75, 3.05) is 5.75 Å². The zero-order chi connectivity index (χ0) is 19.1. The van der Waals surface area contributed by atoms with Gasteiger partial charge in [0.2, 0.25) is 5.91 Å². The van der Waals surface area contributed by atoms with Gasteiger partial charge in [-0.3, -0.25) is 14.5 Å². The number of β-lactam (4-membered cyclic amide) rings is 1. The van der Waals surface area contributed by atoms with Crippen LogP contribution in [0.5, 0.6) is 0 Å². The summed E-state index contributed by atoms with van der Waals surface area (Å²) in [6.07, 6.45) is 0. The molecule has 8 nitrogen and oxygen atoms in total. The van der Waals surface area contributed by atoms with Gasteiger partial charge in [0, 0.05) is 5.75 Å². The van der Waals surface area contributed by atoms with E-state index < -0.39 is 12.1 Å². The molecule has 3 heterocycles. The lowest BCUT2D eigenvalue weighted by molar-refractivity contribution is -0.144. The van der Waals surface area contributed by atoms with E-state index in [0.717, 1.165) is 5.57 Å². The van der Waals surface area contributed by atoms with Crippen LogP contribution in [-0.4, -0.2) is 44.0 Å². The van der Waals surface area contributed by atoms with Gasteiger partial charge in [-0.05, 0) is 25.0 Å². The Kier molecular flexibility index (Phi) is 4.48. The van der Waals surface area contributed by atoms with Crippen molar-refractivity contribution in [1.82, 2.24) is 20.4 Å². The number of nitrogens with two attached hydrogens (primary N) is 1. The molecule has 2 amide bonds. The summed E-state index contributed by atoms with van der Waals surface area (Å²) in [7, 11) is 0. The van der Waals surface area contributed by atoms with Crippen LogP contribution in [0.2, 0.25) is 0 Å². The quantitative estimate of drug-likeness (QED) is 0.760. The van der Waals surface area contributed by atoms with Crippen molar-refractivity contribution in [2.24, 2.45) is 5.73 Å². The lowest BCUT2D eigenvalue weighted by atomic mass is 10.0. The Hall–Kier alpha value is -2.65. The summed E-state index contributed by atoms with van der Waals surface area (Å²) in [5.41, 5.74) is 8.36. The van der Waals surface area contributed by atoms with Crippen molar-refractivity contribution in [2.45, 2.75) is 31.3 Å². The van der Waals surface area contributed by atoms with E-state index >= 15 is 0 Å². The van der Waals surface area contributed by atoms with E-state index in [0.29, 0.717) is 28.7 Å². The first-order chi connectivity index (χ1) is 13.0. The number of nitrogens with zero attached hydrogens (tertiary/aromatic N) is 3. The van der Waals surface area contributed by atoms with Gasteiger partial charge >= 0.3 is 0 Å². The third kappa shape index (κ3) is 3.02. The molecule has 1 saturated heterocycles. The van der Waals surface area contributed by atoms with E-state index in [2.05, 4.69) is 15.5 Å². The minimum Gasteiger partial charge on any atom is -0.340 e. The van der Waals surface area contributed by atoms with Crippen molar-refractivity contribution in [1.29, 1.82) is 0 Å². The predicted octanol–water partition coefficient (Wildman–Crippen LogP) is 1.21. The minimum absolute atomic E-state index is 0.203.